The highest BCUT2D eigenvalue weighted by Crippen LogP contribution is 2.42. The van der Waals surface area contributed by atoms with Gasteiger partial charge in [-0.25, -0.2) is 0 Å². The maximum Gasteiger partial charge on any atom is 0.0581 e. The van der Waals surface area contributed by atoms with Gasteiger partial charge >= 0.3 is 0 Å². The molecule has 0 saturated heterocycles. The number of hydrogen-bond acceptors (Lipinski definition) is 2. The van der Waals surface area contributed by atoms with E-state index >= 15 is 0 Å². The largest absolute Gasteiger partial charge is 0.377 e. The maximum atomic E-state index is 6.42. The first-order chi connectivity index (χ1) is 14.5. The third kappa shape index (κ3) is 5.58. The molecule has 1 aromatic rings. The van der Waals surface area contributed by atoms with Crippen LogP contribution in [0.1, 0.15) is 63.5 Å². The van der Waals surface area contributed by atoms with E-state index in [4.69, 9.17) is 16.3 Å². The lowest BCUT2D eigenvalue weighted by Crippen LogP contribution is -2.49. The number of fused-ring (bicyclic) bond motifs is 1. The van der Waals surface area contributed by atoms with Crippen molar-refractivity contribution >= 4 is 11.6 Å². The molecule has 2 nitrogen and oxygen atoms in total. The van der Waals surface area contributed by atoms with Crippen molar-refractivity contribution in [3.05, 3.63) is 59.7 Å². The van der Waals surface area contributed by atoms with Crippen molar-refractivity contribution in [3.8, 4) is 0 Å². The van der Waals surface area contributed by atoms with Crippen LogP contribution in [-0.2, 0) is 16.6 Å². The van der Waals surface area contributed by atoms with Gasteiger partial charge in [0.05, 0.1) is 12.7 Å². The maximum absolute atomic E-state index is 6.42. The molecular formula is C27H40ClNO. The second-order valence-electron chi connectivity index (χ2n) is 9.53. The molecular weight excluding hydrogens is 390 g/mol. The van der Waals surface area contributed by atoms with Crippen LogP contribution in [0.4, 0.5) is 0 Å². The summed E-state index contributed by atoms with van der Waals surface area (Å²) in [6, 6.07) is 6.52. The SMILES string of the molecule is C=CC[C@@H]1CC[C@H]1CN(CC)C[C@]1(CO[C@@H](C)CC=C)CCCc2cc(Cl)ccc21. The van der Waals surface area contributed by atoms with E-state index in [1.807, 2.05) is 6.08 Å². The summed E-state index contributed by atoms with van der Waals surface area (Å²) in [5.41, 5.74) is 2.91. The summed E-state index contributed by atoms with van der Waals surface area (Å²) in [6.07, 6.45) is 12.6. The van der Waals surface area contributed by atoms with Crippen molar-refractivity contribution in [1.29, 1.82) is 0 Å². The number of rotatable bonds is 12. The molecule has 1 aromatic carbocycles. The minimum atomic E-state index is 0.0429. The van der Waals surface area contributed by atoms with Gasteiger partial charge in [-0.3, -0.25) is 0 Å². The first-order valence-electron chi connectivity index (χ1n) is 11.9. The molecule has 0 aromatic heterocycles. The van der Waals surface area contributed by atoms with Gasteiger partial charge in [0.25, 0.3) is 0 Å². The third-order valence-corrected chi connectivity index (χ3v) is 7.63. The Bertz CT molecular complexity index is 717. The lowest BCUT2D eigenvalue weighted by molar-refractivity contribution is 0.00507. The van der Waals surface area contributed by atoms with Crippen molar-refractivity contribution < 1.29 is 4.74 Å². The Morgan fingerprint density at radius 2 is 2.07 bits per heavy atom. The number of benzene rings is 1. The zero-order valence-corrected chi connectivity index (χ0v) is 19.8. The van der Waals surface area contributed by atoms with Crippen LogP contribution in [0, 0.1) is 11.8 Å². The van der Waals surface area contributed by atoms with E-state index in [1.54, 1.807) is 0 Å². The molecule has 1 fully saturated rings. The second kappa shape index (κ2) is 11.0. The van der Waals surface area contributed by atoms with Crippen LogP contribution in [0.2, 0.25) is 5.02 Å². The van der Waals surface area contributed by atoms with E-state index in [2.05, 4.69) is 56.2 Å². The van der Waals surface area contributed by atoms with E-state index in [0.717, 1.165) is 55.8 Å². The number of likely N-dealkylation sites (N-methyl/N-ethyl adjacent to an activating group) is 1. The second-order valence-corrected chi connectivity index (χ2v) is 9.97. The van der Waals surface area contributed by atoms with Gasteiger partial charge in [-0.2, -0.15) is 0 Å². The number of aryl methyl sites for hydroxylation is 1. The molecule has 4 atom stereocenters. The van der Waals surface area contributed by atoms with Gasteiger partial charge < -0.3 is 9.64 Å². The number of hydrogen-bond donors (Lipinski definition) is 0. The Balaban J connectivity index is 1.81. The summed E-state index contributed by atoms with van der Waals surface area (Å²) >= 11 is 6.35. The van der Waals surface area contributed by atoms with Crippen LogP contribution >= 0.6 is 11.6 Å². The number of nitrogens with zero attached hydrogens (tertiary/aromatic N) is 1. The Labute approximate surface area is 189 Å². The summed E-state index contributed by atoms with van der Waals surface area (Å²) in [7, 11) is 0. The molecule has 3 rings (SSSR count). The lowest BCUT2D eigenvalue weighted by atomic mass is 9.69. The van der Waals surface area contributed by atoms with Crippen molar-refractivity contribution in [2.24, 2.45) is 11.8 Å². The van der Waals surface area contributed by atoms with Crippen LogP contribution in [0.15, 0.2) is 43.5 Å². The van der Waals surface area contributed by atoms with Gasteiger partial charge in [-0.1, -0.05) is 36.7 Å². The zero-order chi connectivity index (χ0) is 21.6. The first kappa shape index (κ1) is 23.6. The van der Waals surface area contributed by atoms with E-state index in [1.165, 1.54) is 43.4 Å². The standard InChI is InChI=1S/C27H40ClNO/c1-5-9-21(4)30-20-27(16-8-11-23-17-25(28)14-15-26(23)27)19-29(7-3)18-24-13-12-22(24)10-6-2/h5-6,14-15,17,21-22,24H,1-2,7-13,16,18-20H2,3-4H3/t21-,22+,24-,27-/m0/s1. The zero-order valence-electron chi connectivity index (χ0n) is 19.0. The summed E-state index contributed by atoms with van der Waals surface area (Å²) in [5, 5.41) is 0.847. The quantitative estimate of drug-likeness (QED) is 0.338. The van der Waals surface area contributed by atoms with Crippen LogP contribution < -0.4 is 0 Å². The number of halogens is 1. The molecule has 0 spiro atoms. The minimum absolute atomic E-state index is 0.0429. The average Bonchev–Trinajstić information content (AvgIpc) is 2.72. The van der Waals surface area contributed by atoms with Crippen LogP contribution in [0.25, 0.3) is 0 Å². The van der Waals surface area contributed by atoms with Crippen molar-refractivity contribution in [3.63, 3.8) is 0 Å². The highest BCUT2D eigenvalue weighted by Gasteiger charge is 2.40. The van der Waals surface area contributed by atoms with Crippen LogP contribution in [0.5, 0.6) is 0 Å². The summed E-state index contributed by atoms with van der Waals surface area (Å²) in [6.45, 7) is 16.4. The van der Waals surface area contributed by atoms with Crippen molar-refractivity contribution in [2.45, 2.75) is 70.3 Å². The Morgan fingerprint density at radius 1 is 1.27 bits per heavy atom. The predicted octanol–water partition coefficient (Wildman–Crippen LogP) is 6.82. The molecule has 1 saturated carbocycles. The van der Waals surface area contributed by atoms with Crippen molar-refractivity contribution in [1.82, 2.24) is 4.90 Å². The van der Waals surface area contributed by atoms with Gasteiger partial charge in [0.2, 0.25) is 0 Å². The summed E-state index contributed by atoms with van der Waals surface area (Å²) in [5.74, 6) is 1.64. The molecule has 0 unspecified atom stereocenters. The smallest absolute Gasteiger partial charge is 0.0581 e. The average molecular weight is 430 g/mol. The monoisotopic (exact) mass is 429 g/mol. The van der Waals surface area contributed by atoms with Gasteiger partial charge in [-0.15, -0.1) is 13.2 Å². The minimum Gasteiger partial charge on any atom is -0.377 e. The lowest BCUT2D eigenvalue weighted by Gasteiger charge is -2.45. The molecule has 0 heterocycles. The topological polar surface area (TPSA) is 12.5 Å². The molecule has 0 bridgehead atoms. The fourth-order valence-electron chi connectivity index (χ4n) is 5.47. The van der Waals surface area contributed by atoms with Gasteiger partial charge in [0.1, 0.15) is 0 Å². The molecule has 0 N–H and O–H groups in total. The fraction of sp³-hybridized carbons (Fsp3) is 0.630. The molecule has 166 valence electrons. The predicted molar refractivity (Wildman–Crippen MR) is 129 cm³/mol. The van der Waals surface area contributed by atoms with Crippen LogP contribution in [-0.4, -0.2) is 37.2 Å². The Kier molecular flexibility index (Phi) is 8.62. The van der Waals surface area contributed by atoms with Crippen LogP contribution in [0.3, 0.4) is 0 Å². The number of ether oxygens (including phenoxy) is 1. The van der Waals surface area contributed by atoms with Crippen molar-refractivity contribution in [2.75, 3.05) is 26.2 Å². The fourth-order valence-corrected chi connectivity index (χ4v) is 5.67. The van der Waals surface area contributed by atoms with Gasteiger partial charge in [0, 0.05) is 23.5 Å². The molecule has 2 aliphatic carbocycles. The normalized spacial score (nSPS) is 26.7. The molecule has 0 radical (unpaired) electrons. The Hall–Kier alpha value is -1.09. The molecule has 3 heteroatoms. The van der Waals surface area contributed by atoms with Gasteiger partial charge in [-0.05, 0) is 93.5 Å². The summed E-state index contributed by atoms with van der Waals surface area (Å²) in [4.78, 5) is 2.69. The molecule has 2 aliphatic rings. The van der Waals surface area contributed by atoms with E-state index in [-0.39, 0.29) is 11.5 Å². The Morgan fingerprint density at radius 3 is 2.73 bits per heavy atom. The highest BCUT2D eigenvalue weighted by atomic mass is 35.5. The van der Waals surface area contributed by atoms with Gasteiger partial charge in [0.15, 0.2) is 0 Å². The number of allylic oxidation sites excluding steroid dienone is 1. The van der Waals surface area contributed by atoms with E-state index in [0.29, 0.717) is 0 Å². The molecule has 0 amide bonds. The summed E-state index contributed by atoms with van der Waals surface area (Å²) < 4.78 is 6.42. The van der Waals surface area contributed by atoms with E-state index in [9.17, 15) is 0 Å². The molecule has 30 heavy (non-hydrogen) atoms. The third-order valence-electron chi connectivity index (χ3n) is 7.39. The van der Waals surface area contributed by atoms with E-state index < -0.39 is 0 Å². The first-order valence-corrected chi connectivity index (χ1v) is 12.2. The molecule has 0 aliphatic heterocycles. The highest BCUT2D eigenvalue weighted by molar-refractivity contribution is 6.30.